The third-order valence-corrected chi connectivity index (χ3v) is 5.45. The average molecular weight is 390 g/mol. The SMILES string of the molecule is CCCCCCCCN1CCN(Cn2nc(-c3ccncc3)oc2=S)CC1. The van der Waals surface area contributed by atoms with E-state index < -0.39 is 0 Å². The molecule has 0 bridgehead atoms. The van der Waals surface area contributed by atoms with Gasteiger partial charge in [0.15, 0.2) is 0 Å². The average Bonchev–Trinajstić information content (AvgIpc) is 3.07. The fourth-order valence-electron chi connectivity index (χ4n) is 3.47. The Hall–Kier alpha value is -1.57. The fourth-order valence-corrected chi connectivity index (χ4v) is 3.64. The molecule has 0 aliphatic carbocycles. The van der Waals surface area contributed by atoms with Gasteiger partial charge in [0, 0.05) is 44.1 Å². The Morgan fingerprint density at radius 3 is 2.37 bits per heavy atom. The van der Waals surface area contributed by atoms with E-state index in [9.17, 15) is 0 Å². The molecule has 6 nitrogen and oxygen atoms in total. The van der Waals surface area contributed by atoms with Crippen molar-refractivity contribution in [3.63, 3.8) is 0 Å². The number of nitrogens with zero attached hydrogens (tertiary/aromatic N) is 5. The van der Waals surface area contributed by atoms with E-state index in [4.69, 9.17) is 16.6 Å². The van der Waals surface area contributed by atoms with E-state index >= 15 is 0 Å². The summed E-state index contributed by atoms with van der Waals surface area (Å²) in [5.74, 6) is 0.559. The van der Waals surface area contributed by atoms with Crippen LogP contribution in [0.15, 0.2) is 28.9 Å². The van der Waals surface area contributed by atoms with Gasteiger partial charge in [-0.3, -0.25) is 9.88 Å². The Bertz CT molecular complexity index is 721. The number of hydrogen-bond acceptors (Lipinski definition) is 6. The maximum atomic E-state index is 5.66. The molecule has 3 rings (SSSR count). The van der Waals surface area contributed by atoms with E-state index in [1.807, 2.05) is 12.1 Å². The number of unbranched alkanes of at least 4 members (excludes halogenated alkanes) is 5. The molecule has 0 aromatic carbocycles. The van der Waals surface area contributed by atoms with Gasteiger partial charge in [-0.05, 0) is 37.3 Å². The topological polar surface area (TPSA) is 50.3 Å². The summed E-state index contributed by atoms with van der Waals surface area (Å²) in [5, 5.41) is 4.54. The van der Waals surface area contributed by atoms with Gasteiger partial charge in [0.05, 0.1) is 6.67 Å². The summed E-state index contributed by atoms with van der Waals surface area (Å²) in [6, 6.07) is 3.76. The van der Waals surface area contributed by atoms with Gasteiger partial charge in [0.25, 0.3) is 4.84 Å². The first kappa shape index (κ1) is 20.2. The highest BCUT2D eigenvalue weighted by molar-refractivity contribution is 7.71. The second-order valence-electron chi connectivity index (χ2n) is 7.28. The second kappa shape index (κ2) is 10.7. The largest absolute Gasteiger partial charge is 0.409 e. The molecule has 1 aliphatic rings. The third-order valence-electron chi connectivity index (χ3n) is 5.16. The van der Waals surface area contributed by atoms with Crippen molar-refractivity contribution < 1.29 is 4.42 Å². The number of aromatic nitrogens is 3. The van der Waals surface area contributed by atoms with Gasteiger partial charge in [0.1, 0.15) is 0 Å². The van der Waals surface area contributed by atoms with Gasteiger partial charge in [-0.2, -0.15) is 0 Å². The van der Waals surface area contributed by atoms with Crippen molar-refractivity contribution in [3.05, 3.63) is 29.4 Å². The molecule has 1 aliphatic heterocycles. The second-order valence-corrected chi connectivity index (χ2v) is 7.63. The van der Waals surface area contributed by atoms with Gasteiger partial charge in [-0.1, -0.05) is 39.0 Å². The van der Waals surface area contributed by atoms with Crippen LogP contribution >= 0.6 is 12.2 Å². The lowest BCUT2D eigenvalue weighted by molar-refractivity contribution is 0.100. The summed E-state index contributed by atoms with van der Waals surface area (Å²) in [5.41, 5.74) is 0.901. The summed E-state index contributed by atoms with van der Waals surface area (Å²) in [6.07, 6.45) is 11.6. The molecular weight excluding hydrogens is 358 g/mol. The Morgan fingerprint density at radius 2 is 1.63 bits per heavy atom. The molecule has 0 radical (unpaired) electrons. The van der Waals surface area contributed by atoms with E-state index in [1.54, 1.807) is 17.1 Å². The minimum atomic E-state index is 0.427. The van der Waals surface area contributed by atoms with E-state index in [0.29, 0.717) is 17.4 Å². The van der Waals surface area contributed by atoms with Crippen molar-refractivity contribution in [1.82, 2.24) is 24.6 Å². The van der Waals surface area contributed by atoms with Crippen LogP contribution in [-0.4, -0.2) is 57.3 Å². The lowest BCUT2D eigenvalue weighted by Crippen LogP contribution is -2.47. The van der Waals surface area contributed by atoms with Crippen molar-refractivity contribution in [2.24, 2.45) is 0 Å². The molecule has 1 fully saturated rings. The molecule has 0 N–H and O–H groups in total. The van der Waals surface area contributed by atoms with Crippen LogP contribution in [0.5, 0.6) is 0 Å². The van der Waals surface area contributed by atoms with E-state index in [1.165, 1.54) is 45.1 Å². The van der Waals surface area contributed by atoms with Crippen LogP contribution in [-0.2, 0) is 6.67 Å². The first-order valence-electron chi connectivity index (χ1n) is 10.2. The summed E-state index contributed by atoms with van der Waals surface area (Å²) in [4.78, 5) is 9.43. The molecule has 1 saturated heterocycles. The highest BCUT2D eigenvalue weighted by Gasteiger charge is 2.18. The minimum Gasteiger partial charge on any atom is -0.409 e. The van der Waals surface area contributed by atoms with Crippen LogP contribution < -0.4 is 0 Å². The zero-order valence-corrected chi connectivity index (χ0v) is 17.2. The fraction of sp³-hybridized carbons (Fsp3) is 0.650. The van der Waals surface area contributed by atoms with Gasteiger partial charge in [-0.25, -0.2) is 4.68 Å². The lowest BCUT2D eigenvalue weighted by atomic mass is 10.1. The zero-order chi connectivity index (χ0) is 18.9. The molecule has 148 valence electrons. The quantitative estimate of drug-likeness (QED) is 0.448. The molecule has 0 spiro atoms. The molecule has 27 heavy (non-hydrogen) atoms. The standard InChI is InChI=1S/C20H31N5OS/c1-2-3-4-5-6-7-12-23-13-15-24(16-14-23)17-25-20(27)26-19(22-25)18-8-10-21-11-9-18/h8-11H,2-7,12-17H2,1H3. The van der Waals surface area contributed by atoms with Crippen LogP contribution in [0.1, 0.15) is 45.4 Å². The molecule has 0 unspecified atom stereocenters. The van der Waals surface area contributed by atoms with Crippen molar-refractivity contribution in [2.45, 2.75) is 52.1 Å². The van der Waals surface area contributed by atoms with Gasteiger partial charge in [0.2, 0.25) is 5.89 Å². The minimum absolute atomic E-state index is 0.427. The van der Waals surface area contributed by atoms with Gasteiger partial charge >= 0.3 is 0 Å². The number of pyridine rings is 1. The highest BCUT2D eigenvalue weighted by Crippen LogP contribution is 2.17. The van der Waals surface area contributed by atoms with Crippen molar-refractivity contribution in [1.29, 1.82) is 0 Å². The molecular formula is C20H31N5OS. The first-order chi connectivity index (χ1) is 13.3. The molecule has 3 heterocycles. The van der Waals surface area contributed by atoms with Crippen molar-refractivity contribution >= 4 is 12.2 Å². The summed E-state index contributed by atoms with van der Waals surface area (Å²) in [7, 11) is 0. The normalized spacial score (nSPS) is 16.0. The zero-order valence-electron chi connectivity index (χ0n) is 16.3. The molecule has 0 atom stereocenters. The van der Waals surface area contributed by atoms with E-state index in [-0.39, 0.29) is 0 Å². The molecule has 0 saturated carbocycles. The Balaban J connectivity index is 1.41. The van der Waals surface area contributed by atoms with Crippen LogP contribution in [0.25, 0.3) is 11.5 Å². The maximum Gasteiger partial charge on any atom is 0.288 e. The van der Waals surface area contributed by atoms with Gasteiger partial charge < -0.3 is 9.32 Å². The summed E-state index contributed by atoms with van der Waals surface area (Å²) in [6.45, 7) is 8.54. The van der Waals surface area contributed by atoms with Crippen LogP contribution in [0.2, 0.25) is 0 Å². The molecule has 7 heteroatoms. The first-order valence-corrected chi connectivity index (χ1v) is 10.6. The molecule has 0 amide bonds. The summed E-state index contributed by atoms with van der Waals surface area (Å²) < 4.78 is 7.44. The maximum absolute atomic E-state index is 5.66. The Labute approximate surface area is 167 Å². The number of piperazine rings is 1. The number of hydrogen-bond donors (Lipinski definition) is 0. The predicted octanol–water partition coefficient (Wildman–Crippen LogP) is 4.20. The van der Waals surface area contributed by atoms with Crippen LogP contribution in [0, 0.1) is 4.84 Å². The highest BCUT2D eigenvalue weighted by atomic mass is 32.1. The molecule has 2 aromatic rings. The smallest absolute Gasteiger partial charge is 0.288 e. The van der Waals surface area contributed by atoms with E-state index in [0.717, 1.165) is 31.7 Å². The Morgan fingerprint density at radius 1 is 0.963 bits per heavy atom. The Kier molecular flexibility index (Phi) is 7.98. The summed E-state index contributed by atoms with van der Waals surface area (Å²) >= 11 is 5.35. The lowest BCUT2D eigenvalue weighted by Gasteiger charge is -2.34. The predicted molar refractivity (Wildman–Crippen MR) is 110 cm³/mol. The monoisotopic (exact) mass is 389 g/mol. The van der Waals surface area contributed by atoms with E-state index in [2.05, 4.69) is 26.8 Å². The van der Waals surface area contributed by atoms with Crippen molar-refractivity contribution in [3.8, 4) is 11.5 Å². The molecule has 2 aromatic heterocycles. The third kappa shape index (κ3) is 6.23. The van der Waals surface area contributed by atoms with Crippen LogP contribution in [0.4, 0.5) is 0 Å². The van der Waals surface area contributed by atoms with Gasteiger partial charge in [-0.15, -0.1) is 5.10 Å². The van der Waals surface area contributed by atoms with Crippen LogP contribution in [0.3, 0.4) is 0 Å². The number of rotatable bonds is 10. The van der Waals surface area contributed by atoms with Crippen molar-refractivity contribution in [2.75, 3.05) is 32.7 Å².